The van der Waals surface area contributed by atoms with Crippen LogP contribution in [0.3, 0.4) is 0 Å². The minimum atomic E-state index is -1.10. The van der Waals surface area contributed by atoms with Crippen LogP contribution in [0.1, 0.15) is 39.4 Å². The molecule has 25 heavy (non-hydrogen) atoms. The van der Waals surface area contributed by atoms with Crippen molar-refractivity contribution in [1.82, 2.24) is 15.5 Å². The number of piperidine rings is 1. The van der Waals surface area contributed by atoms with Crippen LogP contribution in [0.4, 0.5) is 0 Å². The zero-order chi connectivity index (χ0) is 17.4. The van der Waals surface area contributed by atoms with Crippen LogP contribution in [0.15, 0.2) is 27.8 Å². The molecule has 1 aromatic rings. The maximum Gasteiger partial charge on any atom is 0.191 e. The van der Waals surface area contributed by atoms with Gasteiger partial charge < -0.3 is 25.1 Å². The summed E-state index contributed by atoms with van der Waals surface area (Å²) in [5.74, 6) is 2.06. The molecule has 3 N–H and O–H groups in total. The Hall–Kier alpha value is -0.800. The summed E-state index contributed by atoms with van der Waals surface area (Å²) in [6.45, 7) is 11.3. The summed E-state index contributed by atoms with van der Waals surface area (Å²) in [6, 6.07) is 3.55. The van der Waals surface area contributed by atoms with Crippen molar-refractivity contribution in [3.63, 3.8) is 0 Å². The van der Waals surface area contributed by atoms with Crippen LogP contribution in [0, 0.1) is 5.92 Å². The van der Waals surface area contributed by atoms with E-state index in [0.717, 1.165) is 31.5 Å². The lowest BCUT2D eigenvalue weighted by Gasteiger charge is -2.31. The van der Waals surface area contributed by atoms with Crippen molar-refractivity contribution in [2.45, 2.75) is 39.2 Å². The first-order valence-corrected chi connectivity index (χ1v) is 9.02. The van der Waals surface area contributed by atoms with Crippen LogP contribution in [0.25, 0.3) is 0 Å². The molecule has 0 saturated carbocycles. The fourth-order valence-electron chi connectivity index (χ4n) is 3.06. The first-order valence-electron chi connectivity index (χ1n) is 9.02. The van der Waals surface area contributed by atoms with Gasteiger partial charge in [-0.15, -0.1) is 24.0 Å². The predicted molar refractivity (Wildman–Crippen MR) is 113 cm³/mol. The molecule has 144 valence electrons. The highest BCUT2D eigenvalue weighted by Crippen LogP contribution is 2.21. The molecule has 1 aliphatic heterocycles. The van der Waals surface area contributed by atoms with Gasteiger partial charge in [-0.2, -0.15) is 0 Å². The van der Waals surface area contributed by atoms with Gasteiger partial charge in [0.2, 0.25) is 0 Å². The van der Waals surface area contributed by atoms with Gasteiger partial charge in [-0.25, -0.2) is 4.99 Å². The fraction of sp³-hybridized carbons (Fsp3) is 0.722. The molecule has 1 fully saturated rings. The maximum atomic E-state index is 10.5. The Balaban J connectivity index is 0.00000312. The summed E-state index contributed by atoms with van der Waals surface area (Å²) in [7, 11) is 0. The van der Waals surface area contributed by atoms with Crippen molar-refractivity contribution in [2.24, 2.45) is 10.9 Å². The van der Waals surface area contributed by atoms with Crippen LogP contribution in [-0.4, -0.2) is 55.2 Å². The van der Waals surface area contributed by atoms with Gasteiger partial charge in [-0.05, 0) is 51.3 Å². The summed E-state index contributed by atoms with van der Waals surface area (Å²) >= 11 is 0. The van der Waals surface area contributed by atoms with Gasteiger partial charge in [0.05, 0.1) is 12.8 Å². The maximum absolute atomic E-state index is 10.5. The Morgan fingerprint density at radius 1 is 1.48 bits per heavy atom. The molecule has 2 heterocycles. The number of nitrogens with zero attached hydrogens (tertiary/aromatic N) is 2. The van der Waals surface area contributed by atoms with Gasteiger partial charge in [0.15, 0.2) is 5.96 Å². The normalized spacial score (nSPS) is 21.3. The van der Waals surface area contributed by atoms with Gasteiger partial charge in [-0.1, -0.05) is 6.92 Å². The van der Waals surface area contributed by atoms with E-state index in [-0.39, 0.29) is 30.5 Å². The SMILES string of the molecule is CCNC(=NCC(C)(O)c1ccco1)NCCN1CCCC(C)C1.I. The smallest absolute Gasteiger partial charge is 0.191 e. The molecule has 1 saturated heterocycles. The number of nitrogens with one attached hydrogen (secondary N) is 2. The molecule has 1 aromatic heterocycles. The number of aliphatic hydroxyl groups is 1. The predicted octanol–water partition coefficient (Wildman–Crippen LogP) is 2.39. The number of furan rings is 1. The molecule has 0 bridgehead atoms. The number of rotatable bonds is 7. The minimum absolute atomic E-state index is 0. The van der Waals surface area contributed by atoms with Crippen molar-refractivity contribution in [2.75, 3.05) is 39.3 Å². The monoisotopic (exact) mass is 464 g/mol. The summed E-state index contributed by atoms with van der Waals surface area (Å²) in [5.41, 5.74) is -1.10. The summed E-state index contributed by atoms with van der Waals surface area (Å²) in [5, 5.41) is 17.1. The molecule has 7 heteroatoms. The second kappa shape index (κ2) is 11.0. The second-order valence-corrected chi connectivity index (χ2v) is 6.92. The van der Waals surface area contributed by atoms with Crippen molar-refractivity contribution < 1.29 is 9.52 Å². The van der Waals surface area contributed by atoms with Gasteiger partial charge >= 0.3 is 0 Å². The number of likely N-dealkylation sites (tertiary alicyclic amines) is 1. The molecule has 2 atom stereocenters. The van der Waals surface area contributed by atoms with E-state index in [0.29, 0.717) is 5.76 Å². The average Bonchev–Trinajstić information content (AvgIpc) is 3.08. The molecule has 0 radical (unpaired) electrons. The molecule has 2 unspecified atom stereocenters. The summed E-state index contributed by atoms with van der Waals surface area (Å²) < 4.78 is 5.29. The number of aliphatic imine (C=N–C) groups is 1. The van der Waals surface area contributed by atoms with Crippen LogP contribution in [0.2, 0.25) is 0 Å². The molecule has 0 aliphatic carbocycles. The Morgan fingerprint density at radius 3 is 2.92 bits per heavy atom. The lowest BCUT2D eigenvalue weighted by Crippen LogP contribution is -2.44. The molecule has 0 aromatic carbocycles. The van der Waals surface area contributed by atoms with Crippen molar-refractivity contribution >= 4 is 29.9 Å². The highest BCUT2D eigenvalue weighted by atomic mass is 127. The van der Waals surface area contributed by atoms with E-state index in [1.807, 2.05) is 6.92 Å². The van der Waals surface area contributed by atoms with E-state index < -0.39 is 5.60 Å². The molecule has 0 spiro atoms. The van der Waals surface area contributed by atoms with Crippen molar-refractivity contribution in [3.8, 4) is 0 Å². The van der Waals surface area contributed by atoms with E-state index in [1.54, 1.807) is 25.3 Å². The quantitative estimate of drug-likeness (QED) is 0.329. The highest BCUT2D eigenvalue weighted by molar-refractivity contribution is 14.0. The lowest BCUT2D eigenvalue weighted by molar-refractivity contribution is 0.0437. The average molecular weight is 464 g/mol. The van der Waals surface area contributed by atoms with Gasteiger partial charge in [0.1, 0.15) is 11.4 Å². The largest absolute Gasteiger partial charge is 0.466 e. The number of halogens is 1. The third kappa shape index (κ3) is 7.53. The Morgan fingerprint density at radius 2 is 2.28 bits per heavy atom. The van der Waals surface area contributed by atoms with E-state index in [1.165, 1.54) is 25.9 Å². The van der Waals surface area contributed by atoms with Crippen molar-refractivity contribution in [3.05, 3.63) is 24.2 Å². The third-order valence-corrected chi connectivity index (χ3v) is 4.40. The van der Waals surface area contributed by atoms with E-state index in [4.69, 9.17) is 4.42 Å². The lowest BCUT2D eigenvalue weighted by atomic mass is 10.0. The van der Waals surface area contributed by atoms with Crippen molar-refractivity contribution in [1.29, 1.82) is 0 Å². The topological polar surface area (TPSA) is 73.0 Å². The van der Waals surface area contributed by atoms with Crippen LogP contribution in [-0.2, 0) is 5.60 Å². The van der Waals surface area contributed by atoms with E-state index in [2.05, 4.69) is 27.4 Å². The van der Waals surface area contributed by atoms with Gasteiger partial charge in [0.25, 0.3) is 0 Å². The standard InChI is InChI=1S/C18H32N4O2.HI/c1-4-19-17(20-9-11-22-10-5-7-15(2)13-22)21-14-18(3,23)16-8-6-12-24-16;/h6,8,12,15,23H,4-5,7,9-11,13-14H2,1-3H3,(H2,19,20,21);1H. The minimum Gasteiger partial charge on any atom is -0.466 e. The Labute approximate surface area is 168 Å². The molecular formula is C18H33IN4O2. The number of guanidine groups is 1. The zero-order valence-electron chi connectivity index (χ0n) is 15.6. The Kier molecular flexibility index (Phi) is 9.81. The fourth-order valence-corrected chi connectivity index (χ4v) is 3.06. The number of hydrogen-bond donors (Lipinski definition) is 3. The molecular weight excluding hydrogens is 431 g/mol. The third-order valence-electron chi connectivity index (χ3n) is 4.40. The van der Waals surface area contributed by atoms with E-state index >= 15 is 0 Å². The molecule has 1 aliphatic rings. The second-order valence-electron chi connectivity index (χ2n) is 6.92. The summed E-state index contributed by atoms with van der Waals surface area (Å²) in [6.07, 6.45) is 4.20. The van der Waals surface area contributed by atoms with Gasteiger partial charge in [-0.3, -0.25) is 0 Å². The van der Waals surface area contributed by atoms with E-state index in [9.17, 15) is 5.11 Å². The molecule has 0 amide bonds. The van der Waals surface area contributed by atoms with Crippen LogP contribution < -0.4 is 10.6 Å². The zero-order valence-corrected chi connectivity index (χ0v) is 18.0. The first-order chi connectivity index (χ1) is 11.5. The molecule has 6 nitrogen and oxygen atoms in total. The number of hydrogen-bond acceptors (Lipinski definition) is 4. The van der Waals surface area contributed by atoms with Crippen LogP contribution >= 0.6 is 24.0 Å². The van der Waals surface area contributed by atoms with Gasteiger partial charge in [0, 0.05) is 26.2 Å². The van der Waals surface area contributed by atoms with Crippen LogP contribution in [0.5, 0.6) is 0 Å². The highest BCUT2D eigenvalue weighted by Gasteiger charge is 2.26. The first kappa shape index (κ1) is 22.2. The Bertz CT molecular complexity index is 505. The molecule has 2 rings (SSSR count). The summed E-state index contributed by atoms with van der Waals surface area (Å²) in [4.78, 5) is 7.01.